The first-order chi connectivity index (χ1) is 10.2. The van der Waals surface area contributed by atoms with Crippen LogP contribution in [0.2, 0.25) is 0 Å². The highest BCUT2D eigenvalue weighted by molar-refractivity contribution is 5.96. The smallest absolute Gasteiger partial charge is 0.251 e. The minimum atomic E-state index is -0.188. The Labute approximate surface area is 124 Å². The van der Waals surface area contributed by atoms with Gasteiger partial charge in [0.15, 0.2) is 0 Å². The number of hydrogen-bond acceptors (Lipinski definition) is 3. The molecule has 0 saturated carbocycles. The molecule has 1 aromatic carbocycles. The second kappa shape index (κ2) is 6.26. The van der Waals surface area contributed by atoms with Crippen LogP contribution in [0.3, 0.4) is 0 Å². The number of piperidine rings is 1. The maximum atomic E-state index is 12.4. The molecule has 0 atom stereocenters. The number of nitrogens with zero attached hydrogens (tertiary/aromatic N) is 2. The Hall–Kier alpha value is -1.88. The Morgan fingerprint density at radius 1 is 1.05 bits per heavy atom. The molecular formula is C16H21N3O2. The first-order valence-corrected chi connectivity index (χ1v) is 7.59. The van der Waals surface area contributed by atoms with E-state index < -0.39 is 0 Å². The van der Waals surface area contributed by atoms with E-state index in [1.54, 1.807) is 12.1 Å². The summed E-state index contributed by atoms with van der Waals surface area (Å²) in [6, 6.07) is 9.36. The maximum absolute atomic E-state index is 12.4. The van der Waals surface area contributed by atoms with Crippen molar-refractivity contribution in [1.29, 1.82) is 0 Å². The third-order valence-electron chi connectivity index (χ3n) is 4.41. The van der Waals surface area contributed by atoms with Crippen LogP contribution in [0.5, 0.6) is 0 Å². The molecule has 3 fully saturated rings. The fraction of sp³-hybridized carbons (Fsp3) is 0.500. The molecule has 0 radical (unpaired) electrons. The zero-order valence-electron chi connectivity index (χ0n) is 12.1. The summed E-state index contributed by atoms with van der Waals surface area (Å²) in [5, 5.41) is 2.73. The van der Waals surface area contributed by atoms with Crippen molar-refractivity contribution in [1.82, 2.24) is 15.1 Å². The minimum absolute atomic E-state index is 0.0352. The molecular weight excluding hydrogens is 266 g/mol. The Morgan fingerprint density at radius 3 is 2.48 bits per heavy atom. The number of carbonyl (C=O) groups excluding carboxylic acids is 2. The second-order valence-corrected chi connectivity index (χ2v) is 5.71. The zero-order valence-corrected chi connectivity index (χ0v) is 12.1. The van der Waals surface area contributed by atoms with Crippen LogP contribution in [0, 0.1) is 0 Å². The molecule has 1 N–H and O–H groups in total. The molecule has 1 aromatic rings. The molecule has 21 heavy (non-hydrogen) atoms. The molecule has 3 aliphatic heterocycles. The molecule has 3 heterocycles. The lowest BCUT2D eigenvalue weighted by atomic mass is 10.1. The van der Waals surface area contributed by atoms with Crippen LogP contribution < -0.4 is 5.32 Å². The maximum Gasteiger partial charge on any atom is 0.251 e. The second-order valence-electron chi connectivity index (χ2n) is 5.71. The fourth-order valence-corrected chi connectivity index (χ4v) is 3.16. The largest absolute Gasteiger partial charge is 0.343 e. The van der Waals surface area contributed by atoms with Crippen LogP contribution in [0.1, 0.15) is 23.2 Å². The number of amides is 2. The number of carbonyl (C=O) groups is 2. The van der Waals surface area contributed by atoms with E-state index in [1.165, 1.54) is 0 Å². The molecule has 5 nitrogen and oxygen atoms in total. The summed E-state index contributed by atoms with van der Waals surface area (Å²) in [4.78, 5) is 28.7. The fourth-order valence-electron chi connectivity index (χ4n) is 3.16. The van der Waals surface area contributed by atoms with E-state index in [2.05, 4.69) is 10.2 Å². The van der Waals surface area contributed by atoms with Crippen LogP contribution in [-0.2, 0) is 4.79 Å². The molecule has 3 aliphatic rings. The Bertz CT molecular complexity index is 510. The average Bonchev–Trinajstić information content (AvgIpc) is 2.87. The van der Waals surface area contributed by atoms with E-state index in [1.807, 2.05) is 23.1 Å². The van der Waals surface area contributed by atoms with E-state index in [0.29, 0.717) is 11.6 Å². The number of hydrogen-bond donors (Lipinski definition) is 1. The minimum Gasteiger partial charge on any atom is -0.343 e. The van der Waals surface area contributed by atoms with Gasteiger partial charge in [-0.1, -0.05) is 18.2 Å². The van der Waals surface area contributed by atoms with Crippen molar-refractivity contribution in [3.63, 3.8) is 0 Å². The van der Waals surface area contributed by atoms with Crippen LogP contribution in [0.4, 0.5) is 0 Å². The number of rotatable bonds is 3. The van der Waals surface area contributed by atoms with Gasteiger partial charge in [-0.25, -0.2) is 0 Å². The van der Waals surface area contributed by atoms with Gasteiger partial charge in [0, 0.05) is 37.8 Å². The highest BCUT2D eigenvalue weighted by atomic mass is 16.2. The van der Waals surface area contributed by atoms with E-state index >= 15 is 0 Å². The van der Waals surface area contributed by atoms with Crippen molar-refractivity contribution in [3.05, 3.63) is 35.9 Å². The predicted molar refractivity (Wildman–Crippen MR) is 80.0 cm³/mol. The van der Waals surface area contributed by atoms with Gasteiger partial charge in [0.2, 0.25) is 5.91 Å². The van der Waals surface area contributed by atoms with Gasteiger partial charge in [0.25, 0.3) is 5.91 Å². The summed E-state index contributed by atoms with van der Waals surface area (Å²) in [5.41, 5.74) is 0.591. The Kier molecular flexibility index (Phi) is 4.20. The zero-order chi connectivity index (χ0) is 14.7. The summed E-state index contributed by atoms with van der Waals surface area (Å²) in [5.74, 6) is -0.153. The molecule has 3 saturated heterocycles. The lowest BCUT2D eigenvalue weighted by molar-refractivity contribution is -0.132. The third-order valence-corrected chi connectivity index (χ3v) is 4.41. The van der Waals surface area contributed by atoms with Crippen molar-refractivity contribution >= 4 is 11.8 Å². The Morgan fingerprint density at radius 2 is 1.76 bits per heavy atom. The third kappa shape index (κ3) is 3.24. The van der Waals surface area contributed by atoms with Gasteiger partial charge in [-0.05, 0) is 25.0 Å². The van der Waals surface area contributed by atoms with E-state index in [0.717, 1.165) is 39.0 Å². The van der Waals surface area contributed by atoms with Crippen LogP contribution in [0.15, 0.2) is 30.3 Å². The molecule has 0 unspecified atom stereocenters. The summed E-state index contributed by atoms with van der Waals surface area (Å²) in [6.07, 6.45) is 2.11. The lowest BCUT2D eigenvalue weighted by Gasteiger charge is -2.31. The van der Waals surface area contributed by atoms with Gasteiger partial charge in [-0.15, -0.1) is 0 Å². The topological polar surface area (TPSA) is 52.7 Å². The molecule has 2 bridgehead atoms. The van der Waals surface area contributed by atoms with Crippen molar-refractivity contribution in [2.45, 2.75) is 18.9 Å². The van der Waals surface area contributed by atoms with Gasteiger partial charge in [0.1, 0.15) is 0 Å². The first-order valence-electron chi connectivity index (χ1n) is 7.59. The molecule has 0 spiro atoms. The van der Waals surface area contributed by atoms with Gasteiger partial charge in [-0.3, -0.25) is 9.59 Å². The quantitative estimate of drug-likeness (QED) is 0.891. The normalized spacial score (nSPS) is 24.5. The summed E-state index contributed by atoms with van der Waals surface area (Å²) >= 11 is 0. The van der Waals surface area contributed by atoms with Crippen molar-refractivity contribution < 1.29 is 9.59 Å². The monoisotopic (exact) mass is 287 g/mol. The molecule has 2 amide bonds. The summed E-state index contributed by atoms with van der Waals surface area (Å²) in [7, 11) is 0. The predicted octanol–water partition coefficient (Wildman–Crippen LogP) is 0.723. The Balaban J connectivity index is 1.55. The number of nitrogens with one attached hydrogen (secondary N) is 1. The van der Waals surface area contributed by atoms with Crippen molar-refractivity contribution in [3.8, 4) is 0 Å². The van der Waals surface area contributed by atoms with Crippen LogP contribution in [-0.4, -0.2) is 60.4 Å². The van der Waals surface area contributed by atoms with Gasteiger partial charge < -0.3 is 15.1 Å². The van der Waals surface area contributed by atoms with Crippen molar-refractivity contribution in [2.75, 3.05) is 32.7 Å². The molecule has 4 rings (SSSR count). The van der Waals surface area contributed by atoms with Crippen LogP contribution in [0.25, 0.3) is 0 Å². The SMILES string of the molecule is O=C(NCC(=O)N1CCN2CCC1CC2)c1ccccc1. The van der Waals surface area contributed by atoms with Crippen LogP contribution >= 0.6 is 0 Å². The summed E-state index contributed by atoms with van der Waals surface area (Å²) in [6.45, 7) is 4.00. The average molecular weight is 287 g/mol. The van der Waals surface area contributed by atoms with E-state index in [-0.39, 0.29) is 18.4 Å². The standard InChI is InChI=1S/C16H21N3O2/c20-15(12-17-16(21)13-4-2-1-3-5-13)19-11-10-18-8-6-14(19)7-9-18/h1-5,14H,6-12H2,(H,17,21). The van der Waals surface area contributed by atoms with Gasteiger partial charge in [-0.2, -0.15) is 0 Å². The molecule has 0 aliphatic carbocycles. The van der Waals surface area contributed by atoms with Gasteiger partial charge >= 0.3 is 0 Å². The van der Waals surface area contributed by atoms with E-state index in [4.69, 9.17) is 0 Å². The molecule has 0 aromatic heterocycles. The molecule has 5 heteroatoms. The summed E-state index contributed by atoms with van der Waals surface area (Å²) < 4.78 is 0. The van der Waals surface area contributed by atoms with Crippen molar-refractivity contribution in [2.24, 2.45) is 0 Å². The van der Waals surface area contributed by atoms with Gasteiger partial charge in [0.05, 0.1) is 6.54 Å². The lowest BCUT2D eigenvalue weighted by Crippen LogP contribution is -2.46. The van der Waals surface area contributed by atoms with E-state index in [9.17, 15) is 9.59 Å². The number of fused-ring (bicyclic) bond motifs is 4. The highest BCUT2D eigenvalue weighted by Gasteiger charge is 2.31. The first kappa shape index (κ1) is 14.1. The number of benzene rings is 1. The molecule has 112 valence electrons. The highest BCUT2D eigenvalue weighted by Crippen LogP contribution is 2.20.